The first-order valence-electron chi connectivity index (χ1n) is 4.78. The third-order valence-corrected chi connectivity index (χ3v) is 7.64. The van der Waals surface area contributed by atoms with Crippen molar-refractivity contribution in [3.8, 4) is 0 Å². The summed E-state index contributed by atoms with van der Waals surface area (Å²) in [6.07, 6.45) is 0. The Morgan fingerprint density at radius 1 is 0.727 bits per heavy atom. The van der Waals surface area contributed by atoms with E-state index in [4.69, 9.17) is 0 Å². The molecule has 0 nitrogen and oxygen atoms in total. The fourth-order valence-electron chi connectivity index (χ4n) is 1.44. The molecule has 1 rings (SSSR count). The molecule has 1 aliphatic heterocycles. The van der Waals surface area contributed by atoms with Crippen molar-refractivity contribution in [2.24, 2.45) is 11.8 Å². The summed E-state index contributed by atoms with van der Waals surface area (Å²) in [4.78, 5) is 0. The standard InChI is InChI=1S/C8H16Te.C2H6/c1-5-6(2)8(4)9-7(5)3;1-2/h5-8H,1-4H3;1-2H3. The van der Waals surface area contributed by atoms with E-state index in [-0.39, 0.29) is 0 Å². The molecule has 0 aromatic carbocycles. The summed E-state index contributed by atoms with van der Waals surface area (Å²) in [5.74, 6) is 2.03. The van der Waals surface area contributed by atoms with E-state index in [1.807, 2.05) is 13.8 Å². The number of hydrogen-bond acceptors (Lipinski definition) is 0. The molecule has 1 aliphatic rings. The van der Waals surface area contributed by atoms with Crippen molar-refractivity contribution >= 4 is 20.9 Å². The third-order valence-electron chi connectivity index (χ3n) is 2.74. The second kappa shape index (κ2) is 5.44. The van der Waals surface area contributed by atoms with Crippen molar-refractivity contribution in [2.45, 2.75) is 49.5 Å². The van der Waals surface area contributed by atoms with E-state index in [0.717, 1.165) is 19.8 Å². The van der Waals surface area contributed by atoms with E-state index in [9.17, 15) is 0 Å². The zero-order chi connectivity index (χ0) is 9.02. The van der Waals surface area contributed by atoms with Gasteiger partial charge in [0.15, 0.2) is 0 Å². The van der Waals surface area contributed by atoms with Gasteiger partial charge in [-0.25, -0.2) is 0 Å². The van der Waals surface area contributed by atoms with Gasteiger partial charge in [0, 0.05) is 0 Å². The van der Waals surface area contributed by atoms with Gasteiger partial charge in [-0.3, -0.25) is 0 Å². The first-order valence-corrected chi connectivity index (χ1v) is 7.47. The SMILES string of the molecule is CC.CC1[Te]C(C)C(C)C1C. The molecule has 0 saturated carbocycles. The van der Waals surface area contributed by atoms with Crippen LogP contribution in [0.15, 0.2) is 0 Å². The van der Waals surface area contributed by atoms with Gasteiger partial charge in [0.05, 0.1) is 0 Å². The van der Waals surface area contributed by atoms with Crippen LogP contribution < -0.4 is 0 Å². The van der Waals surface area contributed by atoms with Gasteiger partial charge >= 0.3 is 68.4 Å². The average molecular weight is 270 g/mol. The summed E-state index contributed by atoms with van der Waals surface area (Å²) in [7, 11) is 0. The van der Waals surface area contributed by atoms with E-state index in [1.54, 1.807) is 0 Å². The van der Waals surface area contributed by atoms with E-state index in [1.165, 1.54) is 0 Å². The Bertz CT molecular complexity index is 89.0. The predicted molar refractivity (Wildman–Crippen MR) is 54.3 cm³/mol. The predicted octanol–water partition coefficient (Wildman–Crippen LogP) is 3.62. The van der Waals surface area contributed by atoms with Crippen LogP contribution in [-0.4, -0.2) is 20.9 Å². The van der Waals surface area contributed by atoms with E-state index in [2.05, 4.69) is 27.7 Å². The van der Waals surface area contributed by atoms with Gasteiger partial charge in [0.25, 0.3) is 0 Å². The monoisotopic (exact) mass is 272 g/mol. The average Bonchev–Trinajstić information content (AvgIpc) is 2.22. The third kappa shape index (κ3) is 2.96. The zero-order valence-electron chi connectivity index (χ0n) is 8.72. The molecular formula is C10H22Te. The van der Waals surface area contributed by atoms with Gasteiger partial charge in [-0.1, -0.05) is 13.8 Å². The first-order chi connectivity index (χ1) is 5.13. The van der Waals surface area contributed by atoms with Gasteiger partial charge in [0.2, 0.25) is 0 Å². The van der Waals surface area contributed by atoms with Crippen LogP contribution in [0.1, 0.15) is 41.5 Å². The van der Waals surface area contributed by atoms with Crippen molar-refractivity contribution < 1.29 is 0 Å². The molecule has 0 bridgehead atoms. The Hall–Kier alpha value is 0.790. The van der Waals surface area contributed by atoms with Crippen molar-refractivity contribution in [3.63, 3.8) is 0 Å². The Morgan fingerprint density at radius 2 is 1.00 bits per heavy atom. The zero-order valence-corrected chi connectivity index (χ0v) is 11.0. The van der Waals surface area contributed by atoms with Crippen LogP contribution in [0, 0.1) is 11.8 Å². The van der Waals surface area contributed by atoms with Crippen LogP contribution in [0.5, 0.6) is 0 Å². The van der Waals surface area contributed by atoms with Crippen LogP contribution >= 0.6 is 0 Å². The summed E-state index contributed by atoms with van der Waals surface area (Å²) in [5, 5.41) is 0. The van der Waals surface area contributed by atoms with Crippen LogP contribution in [0.4, 0.5) is 0 Å². The summed E-state index contributed by atoms with van der Waals surface area (Å²) in [6.45, 7) is 13.7. The first kappa shape index (κ1) is 11.8. The quantitative estimate of drug-likeness (QED) is 0.590. The van der Waals surface area contributed by atoms with E-state index in [0.29, 0.717) is 20.9 Å². The summed E-state index contributed by atoms with van der Waals surface area (Å²) in [6, 6.07) is 0. The van der Waals surface area contributed by atoms with Gasteiger partial charge in [-0.2, -0.15) is 0 Å². The van der Waals surface area contributed by atoms with Crippen LogP contribution in [0.3, 0.4) is 0 Å². The molecule has 1 heteroatoms. The van der Waals surface area contributed by atoms with Crippen molar-refractivity contribution in [1.82, 2.24) is 0 Å². The minimum absolute atomic E-state index is 0.371. The van der Waals surface area contributed by atoms with Gasteiger partial charge in [0.1, 0.15) is 0 Å². The summed E-state index contributed by atoms with van der Waals surface area (Å²) >= 11 is 0.371. The molecule has 68 valence electrons. The van der Waals surface area contributed by atoms with Gasteiger partial charge < -0.3 is 0 Å². The van der Waals surface area contributed by atoms with Crippen LogP contribution in [0.25, 0.3) is 0 Å². The molecule has 0 spiro atoms. The Kier molecular flexibility index (Phi) is 5.83. The number of hydrogen-bond donors (Lipinski definition) is 0. The Morgan fingerprint density at radius 3 is 1.09 bits per heavy atom. The number of rotatable bonds is 0. The van der Waals surface area contributed by atoms with E-state index < -0.39 is 0 Å². The normalized spacial score (nSPS) is 43.1. The maximum absolute atomic E-state index is 2.44. The molecule has 4 atom stereocenters. The summed E-state index contributed by atoms with van der Waals surface area (Å²) in [5.41, 5.74) is 0. The molecule has 11 heavy (non-hydrogen) atoms. The Balaban J connectivity index is 0.000000461. The molecule has 4 unspecified atom stereocenters. The molecular weight excluding hydrogens is 248 g/mol. The summed E-state index contributed by atoms with van der Waals surface area (Å²) < 4.78 is 2.20. The molecule has 1 fully saturated rings. The van der Waals surface area contributed by atoms with Gasteiger partial charge in [-0.05, 0) is 0 Å². The second-order valence-corrected chi connectivity index (χ2v) is 8.29. The molecule has 0 radical (unpaired) electrons. The van der Waals surface area contributed by atoms with Crippen LogP contribution in [-0.2, 0) is 0 Å². The molecule has 1 saturated heterocycles. The van der Waals surface area contributed by atoms with Crippen molar-refractivity contribution in [3.05, 3.63) is 0 Å². The maximum atomic E-state index is 2.44. The van der Waals surface area contributed by atoms with Crippen molar-refractivity contribution in [1.29, 1.82) is 0 Å². The molecule has 1 heterocycles. The molecule has 0 N–H and O–H groups in total. The molecule has 0 aromatic rings. The molecule has 0 aromatic heterocycles. The minimum atomic E-state index is 0.371. The topological polar surface area (TPSA) is 0 Å². The fourth-order valence-corrected chi connectivity index (χ4v) is 6.20. The Labute approximate surface area is 82.2 Å². The van der Waals surface area contributed by atoms with E-state index >= 15 is 0 Å². The van der Waals surface area contributed by atoms with Crippen LogP contribution in [0.2, 0.25) is 7.93 Å². The molecule has 0 aliphatic carbocycles. The second-order valence-electron chi connectivity index (χ2n) is 3.26. The van der Waals surface area contributed by atoms with Crippen molar-refractivity contribution in [2.75, 3.05) is 0 Å². The van der Waals surface area contributed by atoms with Gasteiger partial charge in [-0.15, -0.1) is 0 Å². The molecule has 0 amide bonds. The fraction of sp³-hybridized carbons (Fsp3) is 1.00.